The molecule has 0 aliphatic rings. The molecule has 1 aromatic rings. The normalized spacial score (nSPS) is 12.5. The number of hydrogen-bond acceptors (Lipinski definition) is 1. The molecule has 2 heteroatoms. The maximum atomic E-state index is 12.9. The van der Waals surface area contributed by atoms with Gasteiger partial charge in [-0.3, -0.25) is 0 Å². The Labute approximate surface area is 78.3 Å². The summed E-state index contributed by atoms with van der Waals surface area (Å²) in [4.78, 5) is 0. The van der Waals surface area contributed by atoms with E-state index in [0.717, 1.165) is 12.0 Å². The monoisotopic (exact) mass is 179 g/mol. The third-order valence-corrected chi connectivity index (χ3v) is 2.00. The molecule has 1 atom stereocenters. The molecule has 13 heavy (non-hydrogen) atoms. The van der Waals surface area contributed by atoms with E-state index in [4.69, 9.17) is 0 Å². The smallest absolute Gasteiger partial charge is 0.123 e. The molecule has 0 fully saturated rings. The Morgan fingerprint density at radius 1 is 1.62 bits per heavy atom. The van der Waals surface area contributed by atoms with E-state index in [0.29, 0.717) is 0 Å². The molecule has 0 spiro atoms. The topological polar surface area (TPSA) is 12.0 Å². The highest BCUT2D eigenvalue weighted by Crippen LogP contribution is 2.17. The van der Waals surface area contributed by atoms with Crippen molar-refractivity contribution in [1.29, 1.82) is 0 Å². The minimum Gasteiger partial charge on any atom is -0.313 e. The van der Waals surface area contributed by atoms with Gasteiger partial charge in [0.05, 0.1) is 0 Å². The number of hydrogen-bond donors (Lipinski definition) is 1. The van der Waals surface area contributed by atoms with Crippen LogP contribution in [0.5, 0.6) is 0 Å². The van der Waals surface area contributed by atoms with Crippen molar-refractivity contribution in [2.75, 3.05) is 7.05 Å². The summed E-state index contributed by atoms with van der Waals surface area (Å²) in [6.07, 6.45) is 2.63. The van der Waals surface area contributed by atoms with Gasteiger partial charge in [-0.15, -0.1) is 6.58 Å². The molecule has 1 N–H and O–H groups in total. The van der Waals surface area contributed by atoms with E-state index in [9.17, 15) is 4.39 Å². The predicted molar refractivity (Wildman–Crippen MR) is 53.0 cm³/mol. The molecule has 0 saturated heterocycles. The van der Waals surface area contributed by atoms with E-state index in [-0.39, 0.29) is 11.9 Å². The van der Waals surface area contributed by atoms with Gasteiger partial charge in [-0.2, -0.15) is 0 Å². The van der Waals surface area contributed by atoms with Gasteiger partial charge in [0.1, 0.15) is 5.82 Å². The fourth-order valence-corrected chi connectivity index (χ4v) is 1.31. The van der Waals surface area contributed by atoms with Crippen LogP contribution in [0.3, 0.4) is 0 Å². The molecule has 0 aromatic heterocycles. The number of benzene rings is 1. The first kappa shape index (κ1) is 9.93. The summed E-state index contributed by atoms with van der Waals surface area (Å²) >= 11 is 0. The van der Waals surface area contributed by atoms with E-state index in [1.807, 2.05) is 19.2 Å². The van der Waals surface area contributed by atoms with Crippen LogP contribution in [0.1, 0.15) is 18.0 Å². The van der Waals surface area contributed by atoms with E-state index in [1.54, 1.807) is 12.1 Å². The van der Waals surface area contributed by atoms with Crippen molar-refractivity contribution in [3.63, 3.8) is 0 Å². The van der Waals surface area contributed by atoms with Crippen molar-refractivity contribution in [3.05, 3.63) is 48.3 Å². The van der Waals surface area contributed by atoms with Crippen molar-refractivity contribution < 1.29 is 4.39 Å². The lowest BCUT2D eigenvalue weighted by atomic mass is 10.0. The summed E-state index contributed by atoms with van der Waals surface area (Å²) in [5.41, 5.74) is 0.961. The molecule has 0 heterocycles. The fraction of sp³-hybridized carbons (Fsp3) is 0.273. The van der Waals surface area contributed by atoms with Crippen molar-refractivity contribution in [3.8, 4) is 0 Å². The zero-order chi connectivity index (χ0) is 9.68. The van der Waals surface area contributed by atoms with Crippen LogP contribution in [0.2, 0.25) is 0 Å². The summed E-state index contributed by atoms with van der Waals surface area (Å²) in [5.74, 6) is -0.193. The Morgan fingerprint density at radius 3 is 2.92 bits per heavy atom. The molecular formula is C11H14FN. The average Bonchev–Trinajstić information content (AvgIpc) is 2.14. The highest BCUT2D eigenvalue weighted by atomic mass is 19.1. The van der Waals surface area contributed by atoms with Gasteiger partial charge < -0.3 is 5.32 Å². The fourth-order valence-electron chi connectivity index (χ4n) is 1.31. The Kier molecular flexibility index (Phi) is 3.65. The SMILES string of the molecule is C=CCC(NC)c1cccc(F)c1. The van der Waals surface area contributed by atoms with E-state index in [1.165, 1.54) is 6.07 Å². The van der Waals surface area contributed by atoms with Crippen LogP contribution in [-0.4, -0.2) is 7.05 Å². The van der Waals surface area contributed by atoms with Crippen LogP contribution in [0.15, 0.2) is 36.9 Å². The number of halogens is 1. The Hall–Kier alpha value is -1.15. The van der Waals surface area contributed by atoms with Crippen LogP contribution < -0.4 is 5.32 Å². The Balaban J connectivity index is 2.84. The van der Waals surface area contributed by atoms with Crippen LogP contribution >= 0.6 is 0 Å². The minimum atomic E-state index is -0.193. The molecule has 1 aromatic carbocycles. The summed E-state index contributed by atoms with van der Waals surface area (Å²) in [6.45, 7) is 3.66. The maximum Gasteiger partial charge on any atom is 0.123 e. The van der Waals surface area contributed by atoms with Gasteiger partial charge in [-0.1, -0.05) is 18.2 Å². The quantitative estimate of drug-likeness (QED) is 0.701. The second-order valence-electron chi connectivity index (χ2n) is 2.92. The molecule has 1 rings (SSSR count). The van der Waals surface area contributed by atoms with E-state index in [2.05, 4.69) is 11.9 Å². The Bertz CT molecular complexity index is 283. The standard InChI is InChI=1S/C11H14FN/c1-3-5-11(13-2)9-6-4-7-10(12)8-9/h3-4,6-8,11,13H,1,5H2,2H3. The summed E-state index contributed by atoms with van der Waals surface area (Å²) in [7, 11) is 1.86. The second kappa shape index (κ2) is 4.77. The van der Waals surface area contributed by atoms with Crippen LogP contribution in [-0.2, 0) is 0 Å². The predicted octanol–water partition coefficient (Wildman–Crippen LogP) is 2.66. The molecule has 0 saturated carbocycles. The van der Waals surface area contributed by atoms with Crippen LogP contribution in [0.4, 0.5) is 4.39 Å². The first-order chi connectivity index (χ1) is 6.27. The largest absolute Gasteiger partial charge is 0.313 e. The molecule has 0 radical (unpaired) electrons. The zero-order valence-electron chi connectivity index (χ0n) is 7.76. The van der Waals surface area contributed by atoms with Gasteiger partial charge >= 0.3 is 0 Å². The first-order valence-electron chi connectivity index (χ1n) is 4.31. The molecule has 0 aliphatic heterocycles. The molecule has 0 amide bonds. The Morgan fingerprint density at radius 2 is 2.38 bits per heavy atom. The van der Waals surface area contributed by atoms with Crippen molar-refractivity contribution in [2.45, 2.75) is 12.5 Å². The third-order valence-electron chi connectivity index (χ3n) is 2.00. The molecule has 1 unspecified atom stereocenters. The summed E-state index contributed by atoms with van der Waals surface area (Å²) < 4.78 is 12.9. The summed E-state index contributed by atoms with van der Waals surface area (Å²) in [5, 5.41) is 3.11. The minimum absolute atomic E-state index is 0.160. The highest BCUT2D eigenvalue weighted by Gasteiger charge is 2.06. The van der Waals surface area contributed by atoms with Gasteiger partial charge in [-0.25, -0.2) is 4.39 Å². The molecular weight excluding hydrogens is 165 g/mol. The molecule has 70 valence electrons. The highest BCUT2D eigenvalue weighted by molar-refractivity contribution is 5.20. The van der Waals surface area contributed by atoms with Gasteiger partial charge in [0.25, 0.3) is 0 Å². The molecule has 0 bridgehead atoms. The second-order valence-corrected chi connectivity index (χ2v) is 2.92. The van der Waals surface area contributed by atoms with Gasteiger partial charge in [-0.05, 0) is 31.2 Å². The van der Waals surface area contributed by atoms with Gasteiger partial charge in [0, 0.05) is 6.04 Å². The number of rotatable bonds is 4. The van der Waals surface area contributed by atoms with E-state index < -0.39 is 0 Å². The van der Waals surface area contributed by atoms with Crippen LogP contribution in [0.25, 0.3) is 0 Å². The van der Waals surface area contributed by atoms with Crippen molar-refractivity contribution >= 4 is 0 Å². The van der Waals surface area contributed by atoms with Crippen molar-refractivity contribution in [1.82, 2.24) is 5.32 Å². The number of nitrogens with one attached hydrogen (secondary N) is 1. The van der Waals surface area contributed by atoms with Crippen LogP contribution in [0, 0.1) is 5.82 Å². The summed E-state index contributed by atoms with van der Waals surface area (Å²) in [6, 6.07) is 6.79. The zero-order valence-corrected chi connectivity index (χ0v) is 7.76. The third kappa shape index (κ3) is 2.67. The van der Waals surface area contributed by atoms with Gasteiger partial charge in [0.2, 0.25) is 0 Å². The maximum absolute atomic E-state index is 12.9. The average molecular weight is 179 g/mol. The molecule has 0 aliphatic carbocycles. The lowest BCUT2D eigenvalue weighted by molar-refractivity contribution is 0.585. The van der Waals surface area contributed by atoms with Crippen molar-refractivity contribution in [2.24, 2.45) is 0 Å². The van der Waals surface area contributed by atoms with Gasteiger partial charge in [0.15, 0.2) is 0 Å². The lowest BCUT2D eigenvalue weighted by Crippen LogP contribution is -2.15. The lowest BCUT2D eigenvalue weighted by Gasteiger charge is -2.14. The molecule has 1 nitrogen and oxygen atoms in total. The van der Waals surface area contributed by atoms with E-state index >= 15 is 0 Å². The first-order valence-corrected chi connectivity index (χ1v) is 4.31.